The number of piperazine rings is 1. The molecule has 0 spiro atoms. The Labute approximate surface area is 147 Å². The minimum absolute atomic E-state index is 0.0214. The lowest BCUT2D eigenvalue weighted by Gasteiger charge is -2.35. The Balaban J connectivity index is 1.68. The smallest absolute Gasteiger partial charge is 0.254 e. The van der Waals surface area contributed by atoms with Crippen molar-refractivity contribution in [2.24, 2.45) is 0 Å². The van der Waals surface area contributed by atoms with Crippen molar-refractivity contribution < 1.29 is 14.3 Å². The van der Waals surface area contributed by atoms with E-state index in [2.05, 4.69) is 15.1 Å². The largest absolute Gasteiger partial charge is 0.497 e. The summed E-state index contributed by atoms with van der Waals surface area (Å²) >= 11 is 0. The summed E-state index contributed by atoms with van der Waals surface area (Å²) in [6.45, 7) is 4.63. The maximum absolute atomic E-state index is 12.8. The van der Waals surface area contributed by atoms with E-state index >= 15 is 0 Å². The summed E-state index contributed by atoms with van der Waals surface area (Å²) in [4.78, 5) is 16.8. The van der Waals surface area contributed by atoms with Crippen LogP contribution >= 0.6 is 0 Å². The predicted octanol–water partition coefficient (Wildman–Crippen LogP) is 1.76. The molecule has 0 N–H and O–H groups in total. The van der Waals surface area contributed by atoms with Gasteiger partial charge in [-0.1, -0.05) is 0 Å². The van der Waals surface area contributed by atoms with Gasteiger partial charge < -0.3 is 19.3 Å². The number of benzene rings is 1. The van der Waals surface area contributed by atoms with Gasteiger partial charge in [-0.25, -0.2) is 0 Å². The number of ether oxygens (including phenoxy) is 2. The Morgan fingerprint density at radius 3 is 2.12 bits per heavy atom. The quantitative estimate of drug-likeness (QED) is 0.843. The molecule has 3 rings (SSSR count). The van der Waals surface area contributed by atoms with Gasteiger partial charge in [0.15, 0.2) is 5.82 Å². The standard InChI is InChI=1S/C18H22N4O3/c1-13-4-5-17(20-19-13)21-6-8-22(9-7-21)18(23)14-10-15(24-2)12-16(11-14)25-3/h4-5,10-12H,6-9H2,1-3H3. The molecule has 1 saturated heterocycles. The molecule has 0 bridgehead atoms. The van der Waals surface area contributed by atoms with Crippen LogP contribution in [0.4, 0.5) is 5.82 Å². The highest BCUT2D eigenvalue weighted by Gasteiger charge is 2.23. The highest BCUT2D eigenvalue weighted by Crippen LogP contribution is 2.24. The van der Waals surface area contributed by atoms with Gasteiger partial charge in [-0.15, -0.1) is 5.10 Å². The van der Waals surface area contributed by atoms with Gasteiger partial charge in [0, 0.05) is 37.8 Å². The molecule has 1 fully saturated rings. The number of aromatic nitrogens is 2. The summed E-state index contributed by atoms with van der Waals surface area (Å²) < 4.78 is 10.5. The summed E-state index contributed by atoms with van der Waals surface area (Å²) in [6, 6.07) is 9.14. The number of nitrogens with zero attached hydrogens (tertiary/aromatic N) is 4. The van der Waals surface area contributed by atoms with Crippen molar-refractivity contribution in [3.63, 3.8) is 0 Å². The molecular formula is C18H22N4O3. The summed E-state index contributed by atoms with van der Waals surface area (Å²) in [6.07, 6.45) is 0. The maximum Gasteiger partial charge on any atom is 0.254 e. The normalized spacial score (nSPS) is 14.4. The molecule has 2 heterocycles. The van der Waals surface area contributed by atoms with E-state index in [0.717, 1.165) is 24.6 Å². The molecule has 25 heavy (non-hydrogen) atoms. The highest BCUT2D eigenvalue weighted by atomic mass is 16.5. The van der Waals surface area contributed by atoms with E-state index in [-0.39, 0.29) is 5.91 Å². The fraction of sp³-hybridized carbons (Fsp3) is 0.389. The van der Waals surface area contributed by atoms with Gasteiger partial charge in [-0.05, 0) is 31.2 Å². The zero-order valence-electron chi connectivity index (χ0n) is 14.7. The van der Waals surface area contributed by atoms with E-state index in [1.807, 2.05) is 24.0 Å². The lowest BCUT2D eigenvalue weighted by Crippen LogP contribution is -2.49. The number of amides is 1. The van der Waals surface area contributed by atoms with Gasteiger partial charge in [-0.2, -0.15) is 5.10 Å². The Kier molecular flexibility index (Phi) is 5.02. The van der Waals surface area contributed by atoms with Crippen LogP contribution in [-0.2, 0) is 0 Å². The van der Waals surface area contributed by atoms with E-state index < -0.39 is 0 Å². The molecule has 0 unspecified atom stereocenters. The fourth-order valence-electron chi connectivity index (χ4n) is 2.81. The van der Waals surface area contributed by atoms with Crippen molar-refractivity contribution >= 4 is 11.7 Å². The topological polar surface area (TPSA) is 67.8 Å². The lowest BCUT2D eigenvalue weighted by molar-refractivity contribution is 0.0745. The van der Waals surface area contributed by atoms with E-state index in [0.29, 0.717) is 30.2 Å². The number of anilines is 1. The number of rotatable bonds is 4. The van der Waals surface area contributed by atoms with Crippen LogP contribution in [0.15, 0.2) is 30.3 Å². The summed E-state index contributed by atoms with van der Waals surface area (Å²) in [5.41, 5.74) is 1.46. The van der Waals surface area contributed by atoms with E-state index in [4.69, 9.17) is 9.47 Å². The van der Waals surface area contributed by atoms with E-state index in [1.165, 1.54) is 0 Å². The van der Waals surface area contributed by atoms with Gasteiger partial charge in [0.2, 0.25) is 0 Å². The number of hydrogen-bond donors (Lipinski definition) is 0. The molecule has 7 heteroatoms. The maximum atomic E-state index is 12.8. The SMILES string of the molecule is COc1cc(OC)cc(C(=O)N2CCN(c3ccc(C)nn3)CC2)c1. The first-order valence-corrected chi connectivity index (χ1v) is 8.18. The van der Waals surface area contributed by atoms with Gasteiger partial charge in [0.25, 0.3) is 5.91 Å². The number of hydrogen-bond acceptors (Lipinski definition) is 6. The van der Waals surface area contributed by atoms with Crippen LogP contribution in [0.2, 0.25) is 0 Å². The third-order valence-electron chi connectivity index (χ3n) is 4.27. The molecule has 1 aliphatic rings. The van der Waals surface area contributed by atoms with E-state index in [1.54, 1.807) is 32.4 Å². The molecular weight excluding hydrogens is 320 g/mol. The average Bonchev–Trinajstić information content (AvgIpc) is 2.67. The second-order valence-corrected chi connectivity index (χ2v) is 5.91. The molecule has 7 nitrogen and oxygen atoms in total. The summed E-state index contributed by atoms with van der Waals surface area (Å²) in [5, 5.41) is 8.31. The second kappa shape index (κ2) is 7.38. The van der Waals surface area contributed by atoms with Crippen LogP contribution in [0.25, 0.3) is 0 Å². The number of methoxy groups -OCH3 is 2. The highest BCUT2D eigenvalue weighted by molar-refractivity contribution is 5.95. The minimum Gasteiger partial charge on any atom is -0.497 e. The van der Waals surface area contributed by atoms with Crippen LogP contribution in [0.1, 0.15) is 16.1 Å². The monoisotopic (exact) mass is 342 g/mol. The van der Waals surface area contributed by atoms with Crippen molar-refractivity contribution in [3.8, 4) is 11.5 Å². The van der Waals surface area contributed by atoms with Crippen LogP contribution in [0.5, 0.6) is 11.5 Å². The van der Waals surface area contributed by atoms with Crippen LogP contribution in [0, 0.1) is 6.92 Å². The molecule has 1 aromatic heterocycles. The van der Waals surface area contributed by atoms with Gasteiger partial charge in [0.1, 0.15) is 11.5 Å². The average molecular weight is 342 g/mol. The molecule has 1 aliphatic heterocycles. The number of carbonyl (C=O) groups is 1. The van der Waals surface area contributed by atoms with E-state index in [9.17, 15) is 4.79 Å². The third kappa shape index (κ3) is 3.81. The summed E-state index contributed by atoms with van der Waals surface area (Å²) in [5.74, 6) is 2.04. The Morgan fingerprint density at radius 1 is 0.960 bits per heavy atom. The third-order valence-corrected chi connectivity index (χ3v) is 4.27. The van der Waals surface area contributed by atoms with Crippen molar-refractivity contribution in [3.05, 3.63) is 41.6 Å². The number of carbonyl (C=O) groups excluding carboxylic acids is 1. The minimum atomic E-state index is -0.0214. The molecule has 0 radical (unpaired) electrons. The lowest BCUT2D eigenvalue weighted by atomic mass is 10.1. The number of aryl methyl sites for hydroxylation is 1. The second-order valence-electron chi connectivity index (χ2n) is 5.91. The van der Waals surface area contributed by atoms with Crippen molar-refractivity contribution in [2.45, 2.75) is 6.92 Å². The molecule has 1 amide bonds. The Bertz CT molecular complexity index is 718. The fourth-order valence-corrected chi connectivity index (χ4v) is 2.81. The van der Waals surface area contributed by atoms with Crippen molar-refractivity contribution in [1.29, 1.82) is 0 Å². The Morgan fingerprint density at radius 2 is 1.60 bits per heavy atom. The molecule has 1 aromatic carbocycles. The Hall–Kier alpha value is -2.83. The molecule has 0 aliphatic carbocycles. The zero-order valence-corrected chi connectivity index (χ0v) is 14.7. The zero-order chi connectivity index (χ0) is 17.8. The van der Waals surface area contributed by atoms with Crippen molar-refractivity contribution in [2.75, 3.05) is 45.3 Å². The van der Waals surface area contributed by atoms with Crippen LogP contribution < -0.4 is 14.4 Å². The first-order valence-electron chi connectivity index (χ1n) is 8.18. The van der Waals surface area contributed by atoms with Crippen LogP contribution in [-0.4, -0.2) is 61.4 Å². The van der Waals surface area contributed by atoms with Crippen LogP contribution in [0.3, 0.4) is 0 Å². The molecule has 0 saturated carbocycles. The van der Waals surface area contributed by atoms with Gasteiger partial charge >= 0.3 is 0 Å². The molecule has 132 valence electrons. The van der Waals surface area contributed by atoms with Gasteiger partial charge in [-0.3, -0.25) is 4.79 Å². The van der Waals surface area contributed by atoms with Gasteiger partial charge in [0.05, 0.1) is 19.9 Å². The molecule has 0 atom stereocenters. The van der Waals surface area contributed by atoms with Crippen molar-refractivity contribution in [1.82, 2.24) is 15.1 Å². The summed E-state index contributed by atoms with van der Waals surface area (Å²) in [7, 11) is 3.15. The predicted molar refractivity (Wildman–Crippen MR) is 94.4 cm³/mol. The first-order chi connectivity index (χ1) is 12.1. The first kappa shape index (κ1) is 17.0. The molecule has 2 aromatic rings.